The van der Waals surface area contributed by atoms with Gasteiger partial charge in [0.1, 0.15) is 17.2 Å². The van der Waals surface area contributed by atoms with Gasteiger partial charge in [0.2, 0.25) is 11.8 Å². The fraction of sp³-hybridized carbons (Fsp3) is 0.760. The van der Waals surface area contributed by atoms with E-state index < -0.39 is 41.2 Å². The summed E-state index contributed by atoms with van der Waals surface area (Å²) in [5.41, 5.74) is -1.81. The van der Waals surface area contributed by atoms with Crippen molar-refractivity contribution in [2.75, 3.05) is 26.2 Å². The summed E-state index contributed by atoms with van der Waals surface area (Å²) in [6, 6.07) is -1.67. The Labute approximate surface area is 238 Å². The van der Waals surface area contributed by atoms with Gasteiger partial charge in [0, 0.05) is 45.2 Å². The van der Waals surface area contributed by atoms with Crippen LogP contribution in [0.5, 0.6) is 0 Å². The zero-order valence-corrected chi connectivity index (χ0v) is 24.7. The van der Waals surface area contributed by atoms with Gasteiger partial charge in [-0.1, -0.05) is 25.0 Å². The molecule has 0 aromatic heterocycles. The quantitative estimate of drug-likeness (QED) is 0.390. The maximum absolute atomic E-state index is 13.6. The zero-order chi connectivity index (χ0) is 25.6. The van der Waals surface area contributed by atoms with Crippen LogP contribution < -0.4 is 10.6 Å². The first-order valence-corrected chi connectivity index (χ1v) is 12.7. The first-order valence-electron chi connectivity index (χ1n) is 12.7. The molecule has 3 amide bonds. The first kappa shape index (κ1) is 30.7. The van der Waals surface area contributed by atoms with Crippen LogP contribution >= 0.6 is 0 Å². The maximum atomic E-state index is 13.6. The Morgan fingerprint density at radius 1 is 1.25 bits per heavy atom. The Balaban J connectivity index is 0.00000456. The van der Waals surface area contributed by atoms with Crippen LogP contribution in [0.1, 0.15) is 66.2 Å². The largest absolute Gasteiger partial charge is 0.659 e. The Hall–Kier alpha value is -1.52. The molecule has 0 spiro atoms. The van der Waals surface area contributed by atoms with E-state index in [9.17, 15) is 19.2 Å². The SMILES string of the molecule is CCOC(=O)[C@@]12CC1/C=C\CCCCC[C@H](NC(=O)OC(C)(C)C)C(=O)N1CC[N-]CC1C(=O)N2.[Y]. The molecule has 0 bridgehead atoms. The number of amides is 3. The van der Waals surface area contributed by atoms with Gasteiger partial charge in [-0.05, 0) is 53.4 Å². The summed E-state index contributed by atoms with van der Waals surface area (Å²) in [4.78, 5) is 53.7. The van der Waals surface area contributed by atoms with E-state index in [1.807, 2.05) is 12.2 Å². The van der Waals surface area contributed by atoms with Gasteiger partial charge in [0.15, 0.2) is 0 Å². The number of fused-ring (bicyclic) bond motifs is 2. The van der Waals surface area contributed by atoms with Gasteiger partial charge in [-0.3, -0.25) is 9.59 Å². The molecule has 2 aliphatic heterocycles. The number of allylic oxidation sites excluding steroid dienone is 1. The molecule has 11 heteroatoms. The van der Waals surface area contributed by atoms with Gasteiger partial charge in [0.25, 0.3) is 0 Å². The molecule has 1 saturated carbocycles. The van der Waals surface area contributed by atoms with Crippen LogP contribution in [0.15, 0.2) is 12.2 Å². The number of hydrogen-bond acceptors (Lipinski definition) is 6. The number of carbonyl (C=O) groups is 4. The first-order chi connectivity index (χ1) is 16.6. The average Bonchev–Trinajstić information content (AvgIpc) is 3.49. The van der Waals surface area contributed by atoms with Crippen molar-refractivity contribution in [3.8, 4) is 0 Å². The van der Waals surface area contributed by atoms with E-state index in [0.717, 1.165) is 25.7 Å². The number of carbonyl (C=O) groups excluding carboxylic acids is 4. The summed E-state index contributed by atoms with van der Waals surface area (Å²) in [5, 5.41) is 9.96. The molecule has 1 saturated heterocycles. The average molecular weight is 581 g/mol. The normalized spacial score (nSPS) is 30.1. The molecule has 1 radical (unpaired) electrons. The topological polar surface area (TPSA) is 128 Å². The van der Waals surface area contributed by atoms with Crippen LogP contribution in [-0.2, 0) is 56.6 Å². The van der Waals surface area contributed by atoms with E-state index in [1.165, 1.54) is 4.90 Å². The van der Waals surface area contributed by atoms with E-state index in [0.29, 0.717) is 19.4 Å². The van der Waals surface area contributed by atoms with Crippen LogP contribution in [0, 0.1) is 5.92 Å². The van der Waals surface area contributed by atoms with Crippen LogP contribution in [0.3, 0.4) is 0 Å². The van der Waals surface area contributed by atoms with E-state index in [2.05, 4.69) is 16.0 Å². The summed E-state index contributed by atoms with van der Waals surface area (Å²) < 4.78 is 10.6. The second-order valence-electron chi connectivity index (χ2n) is 10.4. The number of ether oxygens (including phenoxy) is 2. The van der Waals surface area contributed by atoms with E-state index >= 15 is 0 Å². The second-order valence-corrected chi connectivity index (χ2v) is 10.4. The van der Waals surface area contributed by atoms with Crippen molar-refractivity contribution in [2.45, 2.75) is 89.4 Å². The number of nitrogens with zero attached hydrogens (tertiary/aromatic N) is 2. The third kappa shape index (κ3) is 7.99. The van der Waals surface area contributed by atoms with Gasteiger partial charge in [-0.25, -0.2) is 9.59 Å². The number of alkyl carbamates (subject to hydrolysis) is 1. The molecule has 2 heterocycles. The molecule has 3 aliphatic rings. The standard InChI is InChI=1S/C25H39N4O6.Y/c1-5-34-22(32)25-15-17(25)11-9-7-6-8-10-12-18(27-23(33)35-24(2,3)4)21(31)29-14-13-26-16-19(29)20(30)28-25;/h9,11,17-19H,5-8,10,12-16H2,1-4H3,(H,27,33)(H,28,30);/q-1;/b11-9-;/t17?,18-,19?,25+;/m0./s1. The van der Waals surface area contributed by atoms with Crippen molar-refractivity contribution < 1.29 is 61.4 Å². The molecule has 3 rings (SSSR count). The van der Waals surface area contributed by atoms with Crippen molar-refractivity contribution in [3.05, 3.63) is 17.5 Å². The van der Waals surface area contributed by atoms with E-state index in [1.54, 1.807) is 27.7 Å². The molecule has 2 N–H and O–H groups in total. The monoisotopic (exact) mass is 580 g/mol. The van der Waals surface area contributed by atoms with E-state index in [4.69, 9.17) is 9.47 Å². The molecule has 2 unspecified atom stereocenters. The molecular weight excluding hydrogens is 541 g/mol. The zero-order valence-electron chi connectivity index (χ0n) is 21.9. The summed E-state index contributed by atoms with van der Waals surface area (Å²) in [6.45, 7) is 8.03. The Morgan fingerprint density at radius 2 is 2.00 bits per heavy atom. The molecule has 2 fully saturated rings. The van der Waals surface area contributed by atoms with Crippen LogP contribution in [0.25, 0.3) is 5.32 Å². The molecule has 0 aromatic carbocycles. The van der Waals surface area contributed by atoms with Crippen molar-refractivity contribution in [1.29, 1.82) is 0 Å². The number of piperazine rings is 1. The predicted molar refractivity (Wildman–Crippen MR) is 130 cm³/mol. The molecular formula is C25H39N4O6Y-. The van der Waals surface area contributed by atoms with Gasteiger partial charge < -0.3 is 30.3 Å². The summed E-state index contributed by atoms with van der Waals surface area (Å²) >= 11 is 0. The van der Waals surface area contributed by atoms with Gasteiger partial charge in [-0.15, -0.1) is 13.1 Å². The summed E-state index contributed by atoms with van der Waals surface area (Å²) in [6.07, 6.45) is 7.64. The van der Waals surface area contributed by atoms with E-state index in [-0.39, 0.29) is 64.2 Å². The maximum Gasteiger partial charge on any atom is 0.408 e. The Morgan fingerprint density at radius 3 is 2.69 bits per heavy atom. The minimum absolute atomic E-state index is 0. The molecule has 10 nitrogen and oxygen atoms in total. The minimum Gasteiger partial charge on any atom is -0.659 e. The number of esters is 1. The summed E-state index contributed by atoms with van der Waals surface area (Å²) in [5.74, 6) is -1.36. The molecule has 0 aromatic rings. The van der Waals surface area contributed by atoms with Crippen molar-refractivity contribution in [2.24, 2.45) is 5.92 Å². The van der Waals surface area contributed by atoms with Crippen LogP contribution in [0.2, 0.25) is 0 Å². The number of hydrogen-bond donors (Lipinski definition) is 2. The van der Waals surface area contributed by atoms with Crippen LogP contribution in [0.4, 0.5) is 4.79 Å². The number of rotatable bonds is 3. The Kier molecular flexibility index (Phi) is 11.4. The molecule has 4 atom stereocenters. The van der Waals surface area contributed by atoms with Gasteiger partial charge >= 0.3 is 12.1 Å². The third-order valence-corrected chi connectivity index (χ3v) is 6.48. The Bertz CT molecular complexity index is 845. The molecule has 199 valence electrons. The van der Waals surface area contributed by atoms with Gasteiger partial charge in [0.05, 0.1) is 12.6 Å². The molecule has 36 heavy (non-hydrogen) atoms. The molecule has 1 aliphatic carbocycles. The predicted octanol–water partition coefficient (Wildman–Crippen LogP) is 2.42. The fourth-order valence-electron chi connectivity index (χ4n) is 4.60. The summed E-state index contributed by atoms with van der Waals surface area (Å²) in [7, 11) is 0. The third-order valence-electron chi connectivity index (χ3n) is 6.48. The van der Waals surface area contributed by atoms with Crippen LogP contribution in [-0.4, -0.2) is 78.2 Å². The smallest absolute Gasteiger partial charge is 0.408 e. The van der Waals surface area contributed by atoms with Crippen molar-refractivity contribution >= 4 is 23.9 Å². The fourth-order valence-corrected chi connectivity index (χ4v) is 4.60. The second kappa shape index (κ2) is 13.3. The van der Waals surface area contributed by atoms with Gasteiger partial charge in [-0.2, -0.15) is 0 Å². The minimum atomic E-state index is -1.11. The number of nitrogens with one attached hydrogen (secondary N) is 2. The van der Waals surface area contributed by atoms with Crippen molar-refractivity contribution in [3.63, 3.8) is 0 Å². The van der Waals surface area contributed by atoms with Crippen molar-refractivity contribution in [1.82, 2.24) is 15.5 Å².